The first-order chi connectivity index (χ1) is 15.7. The van der Waals surface area contributed by atoms with Crippen LogP contribution in [0.2, 0.25) is 0 Å². The Hall–Kier alpha value is -2.03. The van der Waals surface area contributed by atoms with Crippen LogP contribution < -0.4 is 9.47 Å². The molecule has 1 atom stereocenters. The minimum atomic E-state index is 0.712. The third kappa shape index (κ3) is 11.0. The minimum Gasteiger partial charge on any atom is -0.494 e. The van der Waals surface area contributed by atoms with E-state index in [1.807, 2.05) is 30.5 Å². The molecule has 0 aliphatic heterocycles. The molecule has 3 nitrogen and oxygen atoms in total. The largest absolute Gasteiger partial charge is 0.494 e. The van der Waals surface area contributed by atoms with Gasteiger partial charge in [-0.15, -0.1) is 0 Å². The second-order valence-electron chi connectivity index (χ2n) is 9.08. The average molecular weight is 440 g/mol. The Morgan fingerprint density at radius 2 is 1.28 bits per heavy atom. The lowest BCUT2D eigenvalue weighted by molar-refractivity contribution is 0.282. The van der Waals surface area contributed by atoms with Crippen molar-refractivity contribution in [1.82, 2.24) is 4.98 Å². The number of rotatable bonds is 18. The summed E-state index contributed by atoms with van der Waals surface area (Å²) in [6.45, 7) is 8.32. The van der Waals surface area contributed by atoms with E-state index in [0.29, 0.717) is 5.92 Å². The molecule has 3 heteroatoms. The van der Waals surface area contributed by atoms with Gasteiger partial charge in [-0.25, -0.2) is 0 Å². The zero-order valence-electron chi connectivity index (χ0n) is 20.8. The van der Waals surface area contributed by atoms with Crippen LogP contribution >= 0.6 is 0 Å². The fourth-order valence-corrected chi connectivity index (χ4v) is 3.72. The molecule has 0 N–H and O–H groups in total. The molecule has 178 valence electrons. The van der Waals surface area contributed by atoms with Gasteiger partial charge >= 0.3 is 0 Å². The van der Waals surface area contributed by atoms with E-state index in [2.05, 4.69) is 37.9 Å². The normalized spacial score (nSPS) is 12.0. The van der Waals surface area contributed by atoms with Gasteiger partial charge in [0, 0.05) is 5.56 Å². The second kappa shape index (κ2) is 16.6. The molecule has 2 rings (SSSR count). The molecule has 0 bridgehead atoms. The summed E-state index contributed by atoms with van der Waals surface area (Å²) in [6.07, 6.45) is 17.6. The van der Waals surface area contributed by atoms with E-state index in [9.17, 15) is 0 Å². The summed E-state index contributed by atoms with van der Waals surface area (Å²) in [7, 11) is 0. The van der Waals surface area contributed by atoms with Crippen molar-refractivity contribution in [2.24, 2.45) is 5.92 Å². The van der Waals surface area contributed by atoms with Gasteiger partial charge in [-0.05, 0) is 55.2 Å². The van der Waals surface area contributed by atoms with Crippen LogP contribution in [0.15, 0.2) is 42.6 Å². The van der Waals surface area contributed by atoms with Gasteiger partial charge in [-0.2, -0.15) is 0 Å². The quantitative estimate of drug-likeness (QED) is 0.217. The molecule has 0 fully saturated rings. The van der Waals surface area contributed by atoms with Crippen LogP contribution in [0.4, 0.5) is 0 Å². The number of pyridine rings is 1. The molecule has 0 radical (unpaired) electrons. The van der Waals surface area contributed by atoms with Gasteiger partial charge in [0.25, 0.3) is 0 Å². The maximum absolute atomic E-state index is 5.88. The molecule has 0 aliphatic rings. The SMILES string of the molecule is CCCCCCCCCCCCOc1ccc(-c2ccc(OCCC(C)CC)cc2)nc1. The molecular formula is C29H45NO2. The van der Waals surface area contributed by atoms with E-state index in [0.717, 1.165) is 48.8 Å². The Kier molecular flexibility index (Phi) is 13.6. The predicted molar refractivity (Wildman–Crippen MR) is 137 cm³/mol. The second-order valence-corrected chi connectivity index (χ2v) is 9.08. The van der Waals surface area contributed by atoms with Gasteiger partial charge in [0.05, 0.1) is 25.1 Å². The van der Waals surface area contributed by atoms with Gasteiger partial charge in [0.15, 0.2) is 0 Å². The first kappa shape index (κ1) is 26.2. The number of benzene rings is 1. The predicted octanol–water partition coefficient (Wildman–Crippen LogP) is 8.86. The molecule has 1 heterocycles. The molecule has 0 aliphatic carbocycles. The molecule has 1 unspecified atom stereocenters. The van der Waals surface area contributed by atoms with Crippen molar-refractivity contribution >= 4 is 0 Å². The van der Waals surface area contributed by atoms with E-state index in [-0.39, 0.29) is 0 Å². The standard InChI is InChI=1S/C29H45NO2/c1-4-6-7-8-9-10-11-12-13-14-22-31-28-19-20-29(30-24-28)26-15-17-27(18-16-26)32-23-21-25(3)5-2/h15-20,24-25H,4-14,21-23H2,1-3H3. The Labute approximate surface area is 197 Å². The summed E-state index contributed by atoms with van der Waals surface area (Å²) in [5.41, 5.74) is 2.06. The van der Waals surface area contributed by atoms with Gasteiger partial charge < -0.3 is 9.47 Å². The zero-order valence-corrected chi connectivity index (χ0v) is 20.8. The van der Waals surface area contributed by atoms with Crippen molar-refractivity contribution in [1.29, 1.82) is 0 Å². The first-order valence-corrected chi connectivity index (χ1v) is 13.0. The highest BCUT2D eigenvalue weighted by Gasteiger charge is 2.03. The molecule has 0 saturated heterocycles. The Bertz CT molecular complexity index is 696. The minimum absolute atomic E-state index is 0.712. The fraction of sp³-hybridized carbons (Fsp3) is 0.621. The van der Waals surface area contributed by atoms with Crippen LogP contribution in [0.3, 0.4) is 0 Å². The summed E-state index contributed by atoms with van der Waals surface area (Å²) >= 11 is 0. The third-order valence-electron chi connectivity index (χ3n) is 6.23. The van der Waals surface area contributed by atoms with Crippen LogP contribution in [0.5, 0.6) is 11.5 Å². The van der Waals surface area contributed by atoms with Crippen LogP contribution in [-0.2, 0) is 0 Å². The van der Waals surface area contributed by atoms with Crippen LogP contribution in [0, 0.1) is 5.92 Å². The Morgan fingerprint density at radius 3 is 1.88 bits per heavy atom. The van der Waals surface area contributed by atoms with E-state index in [1.165, 1.54) is 64.2 Å². The first-order valence-electron chi connectivity index (χ1n) is 13.0. The maximum atomic E-state index is 5.88. The highest BCUT2D eigenvalue weighted by Crippen LogP contribution is 2.23. The van der Waals surface area contributed by atoms with Gasteiger partial charge in [0.1, 0.15) is 11.5 Å². The Balaban J connectivity index is 1.59. The molecule has 1 aromatic carbocycles. The molecule has 0 amide bonds. The highest BCUT2D eigenvalue weighted by molar-refractivity contribution is 5.60. The number of hydrogen-bond donors (Lipinski definition) is 0. The molecular weight excluding hydrogens is 394 g/mol. The van der Waals surface area contributed by atoms with Crippen LogP contribution in [0.1, 0.15) is 97.8 Å². The number of hydrogen-bond acceptors (Lipinski definition) is 3. The molecule has 0 spiro atoms. The Morgan fingerprint density at radius 1 is 0.688 bits per heavy atom. The number of nitrogens with zero attached hydrogens (tertiary/aromatic N) is 1. The zero-order chi connectivity index (χ0) is 22.9. The molecule has 2 aromatic rings. The average Bonchev–Trinajstić information content (AvgIpc) is 2.83. The third-order valence-corrected chi connectivity index (χ3v) is 6.23. The fourth-order valence-electron chi connectivity index (χ4n) is 3.72. The summed E-state index contributed by atoms with van der Waals surface area (Å²) in [5, 5.41) is 0. The van der Waals surface area contributed by atoms with E-state index in [4.69, 9.17) is 9.47 Å². The monoisotopic (exact) mass is 439 g/mol. The van der Waals surface area contributed by atoms with Crippen molar-refractivity contribution in [3.05, 3.63) is 42.6 Å². The number of unbranched alkanes of at least 4 members (excludes halogenated alkanes) is 9. The van der Waals surface area contributed by atoms with Gasteiger partial charge in [-0.1, -0.05) is 85.0 Å². The molecule has 0 saturated carbocycles. The summed E-state index contributed by atoms with van der Waals surface area (Å²) < 4.78 is 11.7. The van der Waals surface area contributed by atoms with Crippen molar-refractivity contribution in [2.45, 2.75) is 97.8 Å². The van der Waals surface area contributed by atoms with Crippen molar-refractivity contribution < 1.29 is 9.47 Å². The van der Waals surface area contributed by atoms with Crippen molar-refractivity contribution in [2.75, 3.05) is 13.2 Å². The maximum Gasteiger partial charge on any atom is 0.137 e. The summed E-state index contributed by atoms with van der Waals surface area (Å²) in [4.78, 5) is 4.58. The van der Waals surface area contributed by atoms with Crippen LogP contribution in [0.25, 0.3) is 11.3 Å². The number of ether oxygens (including phenoxy) is 2. The van der Waals surface area contributed by atoms with Gasteiger partial charge in [0.2, 0.25) is 0 Å². The van der Waals surface area contributed by atoms with E-state index < -0.39 is 0 Å². The van der Waals surface area contributed by atoms with Crippen molar-refractivity contribution in [3.8, 4) is 22.8 Å². The van der Waals surface area contributed by atoms with Gasteiger partial charge in [-0.3, -0.25) is 4.98 Å². The lowest BCUT2D eigenvalue weighted by Gasteiger charge is -2.10. The topological polar surface area (TPSA) is 31.4 Å². The number of aromatic nitrogens is 1. The summed E-state index contributed by atoms with van der Waals surface area (Å²) in [5.74, 6) is 2.49. The highest BCUT2D eigenvalue weighted by atomic mass is 16.5. The molecule has 32 heavy (non-hydrogen) atoms. The van der Waals surface area contributed by atoms with Crippen LogP contribution in [-0.4, -0.2) is 18.2 Å². The van der Waals surface area contributed by atoms with E-state index >= 15 is 0 Å². The lowest BCUT2D eigenvalue weighted by Crippen LogP contribution is -2.03. The smallest absolute Gasteiger partial charge is 0.137 e. The lowest BCUT2D eigenvalue weighted by atomic mass is 10.1. The molecule has 1 aromatic heterocycles. The van der Waals surface area contributed by atoms with E-state index in [1.54, 1.807) is 0 Å². The van der Waals surface area contributed by atoms with Crippen molar-refractivity contribution in [3.63, 3.8) is 0 Å². The summed E-state index contributed by atoms with van der Waals surface area (Å²) in [6, 6.07) is 12.3.